The second-order valence-electron chi connectivity index (χ2n) is 5.69. The lowest BCUT2D eigenvalue weighted by Gasteiger charge is -2.26. The van der Waals surface area contributed by atoms with Crippen molar-refractivity contribution in [3.05, 3.63) is 10.6 Å². The van der Waals surface area contributed by atoms with Gasteiger partial charge in [0.1, 0.15) is 0 Å². The summed E-state index contributed by atoms with van der Waals surface area (Å²) in [5.41, 5.74) is 0.801. The van der Waals surface area contributed by atoms with Crippen molar-refractivity contribution >= 4 is 22.5 Å². The molecule has 1 unspecified atom stereocenters. The largest absolute Gasteiger partial charge is 0.393 e. The lowest BCUT2D eigenvalue weighted by atomic mass is 9.87. The van der Waals surface area contributed by atoms with Crippen molar-refractivity contribution in [2.75, 3.05) is 11.9 Å². The van der Waals surface area contributed by atoms with Gasteiger partial charge in [0.25, 0.3) is 0 Å². The van der Waals surface area contributed by atoms with Crippen LogP contribution in [0, 0.1) is 19.3 Å². The van der Waals surface area contributed by atoms with E-state index in [1.54, 1.807) is 6.92 Å². The molecule has 0 aliphatic heterocycles. The number of anilines is 1. The quantitative estimate of drug-likeness (QED) is 0.778. The summed E-state index contributed by atoms with van der Waals surface area (Å²) in [7, 11) is 0. The van der Waals surface area contributed by atoms with Crippen LogP contribution in [0.4, 0.5) is 9.93 Å². The van der Waals surface area contributed by atoms with Gasteiger partial charge in [-0.2, -0.15) is 0 Å². The van der Waals surface area contributed by atoms with E-state index < -0.39 is 0 Å². The molecular weight excluding hydrogens is 262 g/mol. The molecule has 1 rings (SSSR count). The van der Waals surface area contributed by atoms with E-state index in [0.717, 1.165) is 10.6 Å². The van der Waals surface area contributed by atoms with E-state index >= 15 is 0 Å². The number of nitrogens with one attached hydrogen (secondary N) is 2. The van der Waals surface area contributed by atoms with Gasteiger partial charge in [0.2, 0.25) is 0 Å². The Morgan fingerprint density at radius 3 is 2.58 bits per heavy atom. The third kappa shape index (κ3) is 5.57. The summed E-state index contributed by atoms with van der Waals surface area (Å²) in [5, 5.41) is 15.5. The van der Waals surface area contributed by atoms with E-state index in [-0.39, 0.29) is 17.6 Å². The van der Waals surface area contributed by atoms with E-state index in [0.29, 0.717) is 18.1 Å². The standard InChI is InChI=1S/C13H23N3O2S/c1-8(17)6-13(4,5)7-14-11(18)16-12-15-9(2)10(3)19-12/h8,17H,6-7H2,1-5H3,(H2,14,15,16,18). The average molecular weight is 285 g/mol. The number of urea groups is 1. The predicted molar refractivity (Wildman–Crippen MR) is 78.7 cm³/mol. The van der Waals surface area contributed by atoms with E-state index in [2.05, 4.69) is 15.6 Å². The molecule has 0 radical (unpaired) electrons. The highest BCUT2D eigenvalue weighted by Crippen LogP contribution is 2.22. The van der Waals surface area contributed by atoms with E-state index in [4.69, 9.17) is 0 Å². The molecule has 0 fully saturated rings. The Balaban J connectivity index is 2.43. The molecule has 0 saturated carbocycles. The molecular formula is C13H23N3O2S. The van der Waals surface area contributed by atoms with E-state index in [1.165, 1.54) is 11.3 Å². The van der Waals surface area contributed by atoms with Crippen LogP contribution in [0.25, 0.3) is 0 Å². The van der Waals surface area contributed by atoms with Crippen LogP contribution in [0.5, 0.6) is 0 Å². The number of aliphatic hydroxyl groups excluding tert-OH is 1. The molecule has 0 aliphatic carbocycles. The summed E-state index contributed by atoms with van der Waals surface area (Å²) in [6.07, 6.45) is 0.270. The van der Waals surface area contributed by atoms with Crippen molar-refractivity contribution in [2.45, 2.75) is 47.1 Å². The van der Waals surface area contributed by atoms with Crippen molar-refractivity contribution in [1.82, 2.24) is 10.3 Å². The second-order valence-corrected chi connectivity index (χ2v) is 6.89. The first-order chi connectivity index (χ1) is 8.69. The number of carbonyl (C=O) groups is 1. The number of thiazole rings is 1. The Morgan fingerprint density at radius 2 is 2.11 bits per heavy atom. The predicted octanol–water partition coefficient (Wildman–Crippen LogP) is 2.68. The molecule has 1 heterocycles. The maximum atomic E-state index is 11.7. The fourth-order valence-electron chi connectivity index (χ4n) is 1.86. The molecule has 0 saturated heterocycles. The Morgan fingerprint density at radius 1 is 1.47 bits per heavy atom. The Labute approximate surface area is 118 Å². The van der Waals surface area contributed by atoms with Gasteiger partial charge in [-0.05, 0) is 32.6 Å². The fourth-order valence-corrected chi connectivity index (χ4v) is 2.67. The number of hydrogen-bond acceptors (Lipinski definition) is 4. The maximum Gasteiger partial charge on any atom is 0.321 e. The molecule has 1 atom stereocenters. The summed E-state index contributed by atoms with van der Waals surface area (Å²) in [5.74, 6) is 0. The summed E-state index contributed by atoms with van der Waals surface area (Å²) in [6.45, 7) is 10.2. The number of aryl methyl sites for hydroxylation is 2. The van der Waals surface area contributed by atoms with Crippen LogP contribution in [-0.2, 0) is 0 Å². The first-order valence-electron chi connectivity index (χ1n) is 6.36. The molecule has 0 bridgehead atoms. The van der Waals surface area contributed by atoms with Crippen molar-refractivity contribution in [3.63, 3.8) is 0 Å². The Kier molecular flexibility index (Phi) is 5.31. The monoisotopic (exact) mass is 285 g/mol. The first kappa shape index (κ1) is 15.9. The van der Waals surface area contributed by atoms with E-state index in [1.807, 2.05) is 27.7 Å². The van der Waals surface area contributed by atoms with Gasteiger partial charge >= 0.3 is 6.03 Å². The summed E-state index contributed by atoms with van der Waals surface area (Å²) < 4.78 is 0. The number of nitrogens with zero attached hydrogens (tertiary/aromatic N) is 1. The van der Waals surface area contributed by atoms with E-state index in [9.17, 15) is 9.90 Å². The number of amides is 2. The molecule has 19 heavy (non-hydrogen) atoms. The molecule has 2 amide bonds. The van der Waals surface area contributed by atoms with Crippen LogP contribution in [0.2, 0.25) is 0 Å². The molecule has 5 nitrogen and oxygen atoms in total. The topological polar surface area (TPSA) is 74.2 Å². The van der Waals surface area contributed by atoms with Crippen molar-refractivity contribution < 1.29 is 9.90 Å². The smallest absolute Gasteiger partial charge is 0.321 e. The summed E-state index contributed by atoms with van der Waals surface area (Å²) in [4.78, 5) is 17.1. The minimum atomic E-state index is -0.371. The molecule has 0 aromatic carbocycles. The highest BCUT2D eigenvalue weighted by atomic mass is 32.1. The maximum absolute atomic E-state index is 11.7. The lowest BCUT2D eigenvalue weighted by molar-refractivity contribution is 0.129. The van der Waals surface area contributed by atoms with Gasteiger partial charge < -0.3 is 10.4 Å². The first-order valence-corrected chi connectivity index (χ1v) is 7.18. The average Bonchev–Trinajstić information content (AvgIpc) is 2.53. The van der Waals surface area contributed by atoms with Crippen LogP contribution >= 0.6 is 11.3 Å². The van der Waals surface area contributed by atoms with Crippen LogP contribution in [0.1, 0.15) is 37.8 Å². The Hall–Kier alpha value is -1.14. The summed E-state index contributed by atoms with van der Waals surface area (Å²) in [6, 6.07) is -0.257. The molecule has 0 spiro atoms. The molecule has 0 aliphatic rings. The zero-order valence-electron chi connectivity index (χ0n) is 12.2. The molecule has 1 aromatic rings. The number of carbonyl (C=O) groups excluding carboxylic acids is 1. The summed E-state index contributed by atoms with van der Waals surface area (Å²) >= 11 is 1.46. The highest BCUT2D eigenvalue weighted by Gasteiger charge is 2.21. The molecule has 6 heteroatoms. The number of hydrogen-bond donors (Lipinski definition) is 3. The zero-order valence-corrected chi connectivity index (χ0v) is 13.0. The number of rotatable bonds is 5. The van der Waals surface area contributed by atoms with Gasteiger partial charge in [-0.15, -0.1) is 11.3 Å². The van der Waals surface area contributed by atoms with Gasteiger partial charge in [0.05, 0.1) is 11.8 Å². The van der Waals surface area contributed by atoms with Gasteiger partial charge in [-0.1, -0.05) is 13.8 Å². The Bertz CT molecular complexity index is 422. The van der Waals surface area contributed by atoms with Crippen LogP contribution < -0.4 is 10.6 Å². The van der Waals surface area contributed by atoms with Gasteiger partial charge in [0, 0.05) is 11.4 Å². The SMILES string of the molecule is Cc1nc(NC(=O)NCC(C)(C)CC(C)O)sc1C. The second kappa shape index (κ2) is 6.34. The molecule has 108 valence electrons. The normalized spacial score (nSPS) is 13.2. The van der Waals surface area contributed by atoms with Crippen molar-refractivity contribution in [1.29, 1.82) is 0 Å². The highest BCUT2D eigenvalue weighted by molar-refractivity contribution is 7.15. The lowest BCUT2D eigenvalue weighted by Crippen LogP contribution is -2.38. The van der Waals surface area contributed by atoms with Gasteiger partial charge in [-0.25, -0.2) is 9.78 Å². The van der Waals surface area contributed by atoms with Gasteiger partial charge in [-0.3, -0.25) is 5.32 Å². The fraction of sp³-hybridized carbons (Fsp3) is 0.692. The van der Waals surface area contributed by atoms with Crippen LogP contribution in [0.15, 0.2) is 0 Å². The minimum absolute atomic E-state index is 0.139. The minimum Gasteiger partial charge on any atom is -0.393 e. The third-order valence-electron chi connectivity index (χ3n) is 2.82. The number of aliphatic hydroxyl groups is 1. The van der Waals surface area contributed by atoms with Crippen LogP contribution in [0.3, 0.4) is 0 Å². The molecule has 3 N–H and O–H groups in total. The molecule has 1 aromatic heterocycles. The zero-order chi connectivity index (χ0) is 14.6. The third-order valence-corrected chi connectivity index (χ3v) is 3.81. The number of aromatic nitrogens is 1. The van der Waals surface area contributed by atoms with Crippen molar-refractivity contribution in [3.8, 4) is 0 Å². The van der Waals surface area contributed by atoms with Gasteiger partial charge in [0.15, 0.2) is 5.13 Å². The van der Waals surface area contributed by atoms with Crippen LogP contribution in [-0.4, -0.2) is 28.8 Å². The van der Waals surface area contributed by atoms with Crippen molar-refractivity contribution in [2.24, 2.45) is 5.41 Å².